The van der Waals surface area contributed by atoms with E-state index in [4.69, 9.17) is 22.7 Å². The van der Waals surface area contributed by atoms with Crippen LogP contribution in [-0.4, -0.2) is 41.5 Å². The van der Waals surface area contributed by atoms with Gasteiger partial charge in [0.25, 0.3) is 5.56 Å². The van der Waals surface area contributed by atoms with Crippen molar-refractivity contribution in [1.82, 2.24) is 14.9 Å². The lowest BCUT2D eigenvalue weighted by Crippen LogP contribution is -2.47. The molecule has 0 amide bonds. The zero-order valence-electron chi connectivity index (χ0n) is 16.4. The summed E-state index contributed by atoms with van der Waals surface area (Å²) in [4.78, 5) is 29.0. The van der Waals surface area contributed by atoms with Gasteiger partial charge in [0.2, 0.25) is 0 Å². The first-order valence-corrected chi connectivity index (χ1v) is 9.46. The molecule has 8 nitrogen and oxygen atoms in total. The maximum absolute atomic E-state index is 12.6. The smallest absolute Gasteiger partial charge is 0.330 e. The normalized spacial score (nSPS) is 10.9. The van der Waals surface area contributed by atoms with Crippen molar-refractivity contribution in [2.24, 2.45) is 5.92 Å². The van der Waals surface area contributed by atoms with E-state index in [0.29, 0.717) is 24.8 Å². The molecular formula is C19H27N5O3S. The number of anilines is 2. The molecule has 4 N–H and O–H groups in total. The van der Waals surface area contributed by atoms with Gasteiger partial charge >= 0.3 is 5.69 Å². The zero-order valence-corrected chi connectivity index (χ0v) is 17.2. The molecule has 1 heterocycles. The predicted molar refractivity (Wildman–Crippen MR) is 116 cm³/mol. The number of nitrogen functional groups attached to an aromatic ring is 1. The highest BCUT2D eigenvalue weighted by molar-refractivity contribution is 7.80. The second-order valence-corrected chi connectivity index (χ2v) is 7.18. The number of nitrogens with zero attached hydrogens (tertiary/aromatic N) is 2. The van der Waals surface area contributed by atoms with Crippen LogP contribution in [0, 0.1) is 5.92 Å². The summed E-state index contributed by atoms with van der Waals surface area (Å²) in [7, 11) is 1.60. The number of H-pyrrole nitrogens is 1. The Kier molecular flexibility index (Phi) is 7.77. The lowest BCUT2D eigenvalue weighted by Gasteiger charge is -2.28. The first-order chi connectivity index (χ1) is 13.3. The molecule has 0 atom stereocenters. The van der Waals surface area contributed by atoms with Gasteiger partial charge in [0.1, 0.15) is 5.82 Å². The molecule has 0 radical (unpaired) electrons. The number of nitrogens with two attached hydrogens (primary N) is 1. The summed E-state index contributed by atoms with van der Waals surface area (Å²) in [6.45, 7) is 5.69. The molecule has 0 aliphatic carbocycles. The Balaban J connectivity index is 2.47. The van der Waals surface area contributed by atoms with Crippen LogP contribution in [0.25, 0.3) is 0 Å². The molecule has 0 spiro atoms. The summed E-state index contributed by atoms with van der Waals surface area (Å²) < 4.78 is 6.37. The zero-order chi connectivity index (χ0) is 20.7. The highest BCUT2D eigenvalue weighted by Gasteiger charge is 2.22. The molecule has 0 saturated heterocycles. The van der Waals surface area contributed by atoms with Crippen LogP contribution in [0.15, 0.2) is 39.9 Å². The van der Waals surface area contributed by atoms with E-state index in [9.17, 15) is 9.59 Å². The van der Waals surface area contributed by atoms with Crippen LogP contribution in [0.5, 0.6) is 0 Å². The van der Waals surface area contributed by atoms with Crippen molar-refractivity contribution in [3.8, 4) is 0 Å². The van der Waals surface area contributed by atoms with Crippen molar-refractivity contribution in [2.75, 3.05) is 37.4 Å². The highest BCUT2D eigenvalue weighted by atomic mass is 32.1. The number of rotatable bonds is 8. The quantitative estimate of drug-likeness (QED) is 0.447. The molecule has 2 aromatic rings. The Hall–Kier alpha value is -2.65. The van der Waals surface area contributed by atoms with Crippen molar-refractivity contribution < 1.29 is 4.74 Å². The van der Waals surface area contributed by atoms with Crippen LogP contribution >= 0.6 is 12.2 Å². The molecule has 2 rings (SSSR count). The Labute approximate surface area is 169 Å². The minimum Gasteiger partial charge on any atom is -0.383 e. The molecular weight excluding hydrogens is 378 g/mol. The largest absolute Gasteiger partial charge is 0.383 e. The van der Waals surface area contributed by atoms with Gasteiger partial charge in [-0.15, -0.1) is 0 Å². The monoisotopic (exact) mass is 405 g/mol. The van der Waals surface area contributed by atoms with E-state index < -0.39 is 11.2 Å². The Bertz CT molecular complexity index is 908. The van der Waals surface area contributed by atoms with Gasteiger partial charge in [-0.05, 0) is 23.7 Å². The van der Waals surface area contributed by atoms with Crippen LogP contribution in [0.2, 0.25) is 0 Å². The van der Waals surface area contributed by atoms with Crippen molar-refractivity contribution >= 4 is 28.8 Å². The molecule has 1 aromatic carbocycles. The van der Waals surface area contributed by atoms with Gasteiger partial charge in [0.05, 0.1) is 13.2 Å². The van der Waals surface area contributed by atoms with Crippen LogP contribution in [-0.2, 0) is 11.3 Å². The third-order valence-electron chi connectivity index (χ3n) is 4.04. The van der Waals surface area contributed by atoms with Gasteiger partial charge in [-0.1, -0.05) is 44.2 Å². The molecule has 152 valence electrons. The van der Waals surface area contributed by atoms with E-state index in [-0.39, 0.29) is 24.0 Å². The number of benzene rings is 1. The van der Waals surface area contributed by atoms with Crippen molar-refractivity contribution in [3.63, 3.8) is 0 Å². The average molecular weight is 406 g/mol. The number of methoxy groups -OCH3 is 1. The Morgan fingerprint density at radius 3 is 2.61 bits per heavy atom. The number of hydrogen-bond acceptors (Lipinski definition) is 5. The number of hydrogen-bond donors (Lipinski definition) is 3. The van der Waals surface area contributed by atoms with Gasteiger partial charge in [-0.2, -0.15) is 0 Å². The third kappa shape index (κ3) is 5.43. The molecule has 9 heteroatoms. The van der Waals surface area contributed by atoms with Gasteiger partial charge < -0.3 is 20.7 Å². The van der Waals surface area contributed by atoms with Gasteiger partial charge in [-0.3, -0.25) is 14.3 Å². The molecule has 0 saturated carbocycles. The van der Waals surface area contributed by atoms with E-state index in [1.807, 2.05) is 44.2 Å². The van der Waals surface area contributed by atoms with Crippen molar-refractivity contribution in [1.29, 1.82) is 0 Å². The Morgan fingerprint density at radius 2 is 2.00 bits per heavy atom. The van der Waals surface area contributed by atoms with E-state index in [1.165, 1.54) is 4.57 Å². The van der Waals surface area contributed by atoms with Crippen molar-refractivity contribution in [3.05, 3.63) is 56.7 Å². The molecule has 1 aromatic heterocycles. The number of nitrogens with one attached hydrogen (secondary N) is 2. The molecule has 0 fully saturated rings. The maximum atomic E-state index is 12.6. The lowest BCUT2D eigenvalue weighted by molar-refractivity contribution is 0.204. The average Bonchev–Trinajstić information content (AvgIpc) is 2.65. The van der Waals surface area contributed by atoms with Crippen LogP contribution in [0.4, 0.5) is 11.5 Å². The molecule has 0 bridgehead atoms. The SMILES string of the molecule is COCCNC(=S)N(CC(C)C)c1c(N)n(Cc2ccccc2)c(=O)[nH]c1=O. The first kappa shape index (κ1) is 21.6. The van der Waals surface area contributed by atoms with E-state index in [1.54, 1.807) is 12.0 Å². The second-order valence-electron chi connectivity index (χ2n) is 6.79. The van der Waals surface area contributed by atoms with Gasteiger partial charge in [-0.25, -0.2) is 4.79 Å². The summed E-state index contributed by atoms with van der Waals surface area (Å²) in [5.41, 5.74) is 6.23. The summed E-state index contributed by atoms with van der Waals surface area (Å²) in [6.07, 6.45) is 0. The van der Waals surface area contributed by atoms with E-state index in [2.05, 4.69) is 10.3 Å². The van der Waals surface area contributed by atoms with E-state index in [0.717, 1.165) is 5.56 Å². The van der Waals surface area contributed by atoms with Crippen LogP contribution in [0.1, 0.15) is 19.4 Å². The second kappa shape index (κ2) is 10.0. The summed E-state index contributed by atoms with van der Waals surface area (Å²) in [5.74, 6) is 0.282. The van der Waals surface area contributed by atoms with E-state index >= 15 is 0 Å². The highest BCUT2D eigenvalue weighted by Crippen LogP contribution is 2.19. The molecule has 0 aliphatic heterocycles. The lowest BCUT2D eigenvalue weighted by atomic mass is 10.2. The maximum Gasteiger partial charge on any atom is 0.330 e. The fourth-order valence-electron chi connectivity index (χ4n) is 2.76. The fraction of sp³-hybridized carbons (Fsp3) is 0.421. The van der Waals surface area contributed by atoms with Crippen LogP contribution < -0.4 is 27.2 Å². The summed E-state index contributed by atoms with van der Waals surface area (Å²) in [6, 6.07) is 9.42. The third-order valence-corrected chi connectivity index (χ3v) is 4.41. The fourth-order valence-corrected chi connectivity index (χ4v) is 3.03. The minimum absolute atomic E-state index is 0.0779. The van der Waals surface area contributed by atoms with Gasteiger partial charge in [0, 0.05) is 20.2 Å². The number of thiocarbonyl (C=S) groups is 1. The molecule has 28 heavy (non-hydrogen) atoms. The Morgan fingerprint density at radius 1 is 1.32 bits per heavy atom. The molecule has 0 unspecified atom stereocenters. The van der Waals surface area contributed by atoms with Gasteiger partial charge in [0.15, 0.2) is 10.8 Å². The standard InChI is InChI=1S/C19H27N5O3S/c1-13(2)11-23(19(28)21-9-10-27-3)15-16(20)24(18(26)22-17(15)25)12-14-7-5-4-6-8-14/h4-8,13H,9-12,20H2,1-3H3,(H,21,28)(H,22,25,26). The number of aromatic amines is 1. The van der Waals surface area contributed by atoms with Crippen LogP contribution in [0.3, 0.4) is 0 Å². The number of ether oxygens (including phenoxy) is 1. The predicted octanol–water partition coefficient (Wildman–Crippen LogP) is 1.15. The minimum atomic E-state index is -0.566. The summed E-state index contributed by atoms with van der Waals surface area (Å²) in [5, 5.41) is 3.42. The topological polar surface area (TPSA) is 105 Å². The first-order valence-electron chi connectivity index (χ1n) is 9.06. The molecule has 0 aliphatic rings. The summed E-state index contributed by atoms with van der Waals surface area (Å²) >= 11 is 5.48. The van der Waals surface area contributed by atoms with Crippen molar-refractivity contribution in [2.45, 2.75) is 20.4 Å². The number of aromatic nitrogens is 2.